The summed E-state index contributed by atoms with van der Waals surface area (Å²) in [7, 11) is 0. The third kappa shape index (κ3) is 3.24. The summed E-state index contributed by atoms with van der Waals surface area (Å²) in [6, 6.07) is 6.85. The van der Waals surface area contributed by atoms with Gasteiger partial charge in [0, 0.05) is 15.6 Å². The van der Waals surface area contributed by atoms with Crippen molar-refractivity contribution in [1.29, 1.82) is 0 Å². The van der Waals surface area contributed by atoms with Gasteiger partial charge >= 0.3 is 0 Å². The van der Waals surface area contributed by atoms with E-state index in [9.17, 15) is 9.59 Å². The Morgan fingerprint density at radius 2 is 2.31 bits per heavy atom. The number of fused-ring (bicyclic) bond motifs is 3. The SMILES string of the molecule is C[C@H]1CCc2c(sc3nnn(CC(=O)Nc4cccc(Cl)c4)c(=O)c23)C1. The molecule has 0 radical (unpaired) electrons. The van der Waals surface area contributed by atoms with Gasteiger partial charge in [0.15, 0.2) is 4.83 Å². The maximum Gasteiger partial charge on any atom is 0.279 e. The lowest BCUT2D eigenvalue weighted by Gasteiger charge is -2.17. The van der Waals surface area contributed by atoms with Crippen molar-refractivity contribution in [3.8, 4) is 0 Å². The molecule has 6 nitrogen and oxygen atoms in total. The minimum Gasteiger partial charge on any atom is -0.324 e. The highest BCUT2D eigenvalue weighted by Gasteiger charge is 2.24. The van der Waals surface area contributed by atoms with Crippen molar-refractivity contribution in [2.75, 3.05) is 5.32 Å². The van der Waals surface area contributed by atoms with Crippen molar-refractivity contribution >= 4 is 44.7 Å². The predicted octanol–water partition coefficient (Wildman–Crippen LogP) is 3.27. The number of aryl methyl sites for hydroxylation is 1. The molecule has 0 bridgehead atoms. The van der Waals surface area contributed by atoms with Gasteiger partial charge in [-0.15, -0.1) is 16.4 Å². The van der Waals surface area contributed by atoms with Gasteiger partial charge in [0.1, 0.15) is 6.54 Å². The van der Waals surface area contributed by atoms with Crippen molar-refractivity contribution in [2.24, 2.45) is 5.92 Å². The Bertz CT molecular complexity index is 1060. The smallest absolute Gasteiger partial charge is 0.279 e. The lowest BCUT2D eigenvalue weighted by molar-refractivity contribution is -0.117. The van der Waals surface area contributed by atoms with E-state index < -0.39 is 0 Å². The van der Waals surface area contributed by atoms with Gasteiger partial charge in [-0.3, -0.25) is 9.59 Å². The van der Waals surface area contributed by atoms with E-state index in [-0.39, 0.29) is 18.0 Å². The Morgan fingerprint density at radius 3 is 3.12 bits per heavy atom. The van der Waals surface area contributed by atoms with Crippen LogP contribution in [0.4, 0.5) is 5.69 Å². The standard InChI is InChI=1S/C18H17ClN4O2S/c1-10-5-6-13-14(7-10)26-17-16(13)18(25)23(22-21-17)9-15(24)20-12-4-2-3-11(19)8-12/h2-4,8,10H,5-7,9H2,1H3,(H,20,24)/t10-/m0/s1. The first-order valence-corrected chi connectivity index (χ1v) is 9.64. The number of carbonyl (C=O) groups is 1. The zero-order chi connectivity index (χ0) is 18.3. The van der Waals surface area contributed by atoms with E-state index in [0.29, 0.717) is 26.8 Å². The van der Waals surface area contributed by atoms with Crippen LogP contribution in [0.15, 0.2) is 29.1 Å². The van der Waals surface area contributed by atoms with Gasteiger partial charge in [-0.05, 0) is 48.9 Å². The molecule has 2 aromatic heterocycles. The number of hydrogen-bond acceptors (Lipinski definition) is 5. The Morgan fingerprint density at radius 1 is 1.46 bits per heavy atom. The maximum absolute atomic E-state index is 12.9. The first kappa shape index (κ1) is 17.2. The molecule has 0 unspecified atom stereocenters. The number of anilines is 1. The Labute approximate surface area is 158 Å². The molecule has 0 aliphatic heterocycles. The van der Waals surface area contributed by atoms with Crippen LogP contribution < -0.4 is 10.9 Å². The summed E-state index contributed by atoms with van der Waals surface area (Å²) in [4.78, 5) is 27.0. The number of thiophene rings is 1. The summed E-state index contributed by atoms with van der Waals surface area (Å²) in [5.74, 6) is 0.273. The van der Waals surface area contributed by atoms with E-state index in [2.05, 4.69) is 22.6 Å². The van der Waals surface area contributed by atoms with Crippen LogP contribution in [0.1, 0.15) is 23.8 Å². The number of hydrogen-bond donors (Lipinski definition) is 1. The summed E-state index contributed by atoms with van der Waals surface area (Å²) in [6.07, 6.45) is 2.92. The first-order valence-electron chi connectivity index (χ1n) is 8.44. The van der Waals surface area contributed by atoms with E-state index in [1.807, 2.05) is 0 Å². The Balaban J connectivity index is 1.62. The Kier molecular flexibility index (Phi) is 4.50. The second kappa shape index (κ2) is 6.81. The highest BCUT2D eigenvalue weighted by atomic mass is 35.5. The van der Waals surface area contributed by atoms with Crippen LogP contribution >= 0.6 is 22.9 Å². The summed E-state index contributed by atoms with van der Waals surface area (Å²) < 4.78 is 1.13. The Hall–Kier alpha value is -2.25. The molecule has 1 N–H and O–H groups in total. The van der Waals surface area contributed by atoms with Crippen molar-refractivity contribution < 1.29 is 4.79 Å². The van der Waals surface area contributed by atoms with Crippen LogP contribution in [0.25, 0.3) is 10.2 Å². The van der Waals surface area contributed by atoms with Gasteiger partial charge in [0.25, 0.3) is 5.56 Å². The molecule has 0 spiro atoms. The average molecular weight is 389 g/mol. The van der Waals surface area contributed by atoms with Crippen LogP contribution in [0, 0.1) is 5.92 Å². The number of benzene rings is 1. The van der Waals surface area contributed by atoms with Gasteiger partial charge in [-0.25, -0.2) is 4.68 Å². The molecule has 0 fully saturated rings. The largest absolute Gasteiger partial charge is 0.324 e. The second-order valence-corrected chi connectivity index (χ2v) is 8.16. The number of nitrogens with zero attached hydrogens (tertiary/aromatic N) is 3. The molecule has 1 aliphatic rings. The fraction of sp³-hybridized carbons (Fsp3) is 0.333. The molecular weight excluding hydrogens is 372 g/mol. The van der Waals surface area contributed by atoms with Crippen LogP contribution in [0.3, 0.4) is 0 Å². The number of amides is 1. The number of rotatable bonds is 3. The first-order chi connectivity index (χ1) is 12.5. The lowest BCUT2D eigenvalue weighted by Crippen LogP contribution is -2.30. The monoisotopic (exact) mass is 388 g/mol. The summed E-state index contributed by atoms with van der Waals surface area (Å²) >= 11 is 7.46. The van der Waals surface area contributed by atoms with Crippen molar-refractivity contribution in [3.05, 3.63) is 50.1 Å². The van der Waals surface area contributed by atoms with Gasteiger partial charge in [0.2, 0.25) is 5.91 Å². The number of nitrogens with one attached hydrogen (secondary N) is 1. The second-order valence-electron chi connectivity index (χ2n) is 6.64. The van der Waals surface area contributed by atoms with E-state index in [1.54, 1.807) is 35.6 Å². The summed E-state index contributed by atoms with van der Waals surface area (Å²) in [6.45, 7) is 2.03. The minimum atomic E-state index is -0.347. The third-order valence-corrected chi connectivity index (χ3v) is 5.96. The topological polar surface area (TPSA) is 76.9 Å². The fourth-order valence-corrected chi connectivity index (χ4v) is 4.81. The molecule has 1 amide bonds. The van der Waals surface area contributed by atoms with Crippen molar-refractivity contribution in [1.82, 2.24) is 15.0 Å². The zero-order valence-corrected chi connectivity index (χ0v) is 15.7. The molecule has 1 aromatic carbocycles. The molecular formula is C18H17ClN4O2S. The number of aromatic nitrogens is 3. The molecule has 8 heteroatoms. The average Bonchev–Trinajstić information content (AvgIpc) is 2.95. The lowest BCUT2D eigenvalue weighted by atomic mass is 9.89. The minimum absolute atomic E-state index is 0.185. The zero-order valence-electron chi connectivity index (χ0n) is 14.2. The van der Waals surface area contributed by atoms with Gasteiger partial charge in [0.05, 0.1) is 5.39 Å². The molecule has 0 saturated carbocycles. The molecule has 1 aliphatic carbocycles. The van der Waals surface area contributed by atoms with E-state index in [0.717, 1.165) is 29.5 Å². The molecule has 2 heterocycles. The van der Waals surface area contributed by atoms with Crippen LogP contribution in [-0.4, -0.2) is 20.9 Å². The summed E-state index contributed by atoms with van der Waals surface area (Å²) in [5.41, 5.74) is 1.42. The van der Waals surface area contributed by atoms with Crippen LogP contribution in [-0.2, 0) is 24.2 Å². The molecule has 3 aromatic rings. The van der Waals surface area contributed by atoms with Crippen molar-refractivity contribution in [2.45, 2.75) is 32.7 Å². The predicted molar refractivity (Wildman–Crippen MR) is 103 cm³/mol. The molecule has 134 valence electrons. The highest BCUT2D eigenvalue weighted by Crippen LogP contribution is 2.35. The van der Waals surface area contributed by atoms with E-state index >= 15 is 0 Å². The van der Waals surface area contributed by atoms with E-state index in [1.165, 1.54) is 4.88 Å². The van der Waals surface area contributed by atoms with E-state index in [4.69, 9.17) is 11.6 Å². The third-order valence-electron chi connectivity index (χ3n) is 4.59. The van der Waals surface area contributed by atoms with Crippen molar-refractivity contribution in [3.63, 3.8) is 0 Å². The highest BCUT2D eigenvalue weighted by molar-refractivity contribution is 7.18. The van der Waals surface area contributed by atoms with Gasteiger partial charge < -0.3 is 5.32 Å². The molecule has 1 atom stereocenters. The normalized spacial score (nSPS) is 16.5. The number of carbonyl (C=O) groups excluding carboxylic acids is 1. The number of halogens is 1. The molecule has 0 saturated heterocycles. The molecule has 4 rings (SSSR count). The van der Waals surface area contributed by atoms with Crippen LogP contribution in [0.2, 0.25) is 5.02 Å². The van der Waals surface area contributed by atoms with Crippen LogP contribution in [0.5, 0.6) is 0 Å². The maximum atomic E-state index is 12.9. The van der Waals surface area contributed by atoms with Gasteiger partial charge in [-0.2, -0.15) is 0 Å². The molecule has 26 heavy (non-hydrogen) atoms. The summed E-state index contributed by atoms with van der Waals surface area (Å²) in [5, 5.41) is 12.0. The fourth-order valence-electron chi connectivity index (χ4n) is 3.30. The quantitative estimate of drug-likeness (QED) is 0.747. The van der Waals surface area contributed by atoms with Gasteiger partial charge in [-0.1, -0.05) is 29.8 Å².